The van der Waals surface area contributed by atoms with E-state index >= 15 is 0 Å². The first-order valence-electron chi connectivity index (χ1n) is 7.86. The van der Waals surface area contributed by atoms with E-state index in [0.717, 1.165) is 0 Å². The molecular weight excluding hydrogens is 376 g/mol. The van der Waals surface area contributed by atoms with Crippen LogP contribution in [-0.4, -0.2) is 0 Å². The molecular formula is C22H2N8. The monoisotopic (exact) mass is 378 g/mol. The van der Waals surface area contributed by atoms with E-state index in [9.17, 15) is 26.3 Å². The van der Waals surface area contributed by atoms with Crippen LogP contribution < -0.4 is 0 Å². The van der Waals surface area contributed by atoms with Crippen LogP contribution in [0.25, 0.3) is 31.2 Å². The summed E-state index contributed by atoms with van der Waals surface area (Å²) in [6, 6.07) is 11.8. The zero-order chi connectivity index (χ0) is 22.0. The van der Waals surface area contributed by atoms with Gasteiger partial charge in [0, 0.05) is 5.57 Å². The summed E-state index contributed by atoms with van der Waals surface area (Å²) in [4.78, 5) is 9.76. The highest BCUT2D eigenvalue weighted by molar-refractivity contribution is 6.10. The topological polar surface area (TPSA) is 132 Å². The fourth-order valence-electron chi connectivity index (χ4n) is 3.41. The fraction of sp³-hybridized carbons (Fsp3) is 0. The lowest BCUT2D eigenvalue weighted by Gasteiger charge is -2.09. The maximum absolute atomic E-state index is 9.74. The first-order chi connectivity index (χ1) is 14.6. The third-order valence-electron chi connectivity index (χ3n) is 4.54. The smallest absolute Gasteiger partial charge is 0.250 e. The minimum Gasteiger partial charge on any atom is -0.250 e. The number of rotatable bonds is 0. The molecule has 0 spiro atoms. The Bertz CT molecular complexity index is 1450. The van der Waals surface area contributed by atoms with Gasteiger partial charge in [-0.25, -0.2) is 15.0 Å². The quantitative estimate of drug-likeness (QED) is 0.421. The van der Waals surface area contributed by atoms with E-state index < -0.39 is 5.70 Å². The van der Waals surface area contributed by atoms with Crippen LogP contribution >= 0.6 is 0 Å². The van der Waals surface area contributed by atoms with Gasteiger partial charge in [0.15, 0.2) is 5.69 Å². The lowest BCUT2D eigenvalue weighted by Crippen LogP contribution is -1.98. The Morgan fingerprint density at radius 3 is 1.80 bits per heavy atom. The van der Waals surface area contributed by atoms with E-state index in [2.05, 4.69) is 14.5 Å². The van der Waals surface area contributed by atoms with Crippen LogP contribution in [0, 0.1) is 76.4 Å². The molecule has 0 fully saturated rings. The van der Waals surface area contributed by atoms with Crippen molar-refractivity contribution in [3.8, 4) is 41.5 Å². The first-order valence-corrected chi connectivity index (χ1v) is 7.86. The first kappa shape index (κ1) is 18.9. The van der Waals surface area contributed by atoms with E-state index in [4.69, 9.17) is 19.7 Å². The molecule has 0 atom stereocenters. The zero-order valence-electron chi connectivity index (χ0n) is 14.7. The zero-order valence-corrected chi connectivity index (χ0v) is 14.7. The van der Waals surface area contributed by atoms with Gasteiger partial charge in [-0.2, -0.15) is 21.0 Å². The molecule has 0 bridgehead atoms. The molecule has 0 radical (unpaired) electrons. The molecule has 0 N–H and O–H groups in total. The second-order valence-corrected chi connectivity index (χ2v) is 5.76. The van der Waals surface area contributed by atoms with E-state index in [1.54, 1.807) is 12.1 Å². The molecule has 0 aromatic heterocycles. The van der Waals surface area contributed by atoms with E-state index in [1.165, 1.54) is 12.1 Å². The van der Waals surface area contributed by atoms with Gasteiger partial charge in [0.25, 0.3) is 5.70 Å². The molecule has 2 aromatic carbocycles. The van der Waals surface area contributed by atoms with Crippen LogP contribution in [0.3, 0.4) is 0 Å². The average Bonchev–Trinajstić information content (AvgIpc) is 3.10. The summed E-state index contributed by atoms with van der Waals surface area (Å²) in [6.45, 7) is 22.1. The predicted octanol–water partition coefficient (Wildman–Crippen LogP) is 4.46. The van der Waals surface area contributed by atoms with E-state index in [0.29, 0.717) is 0 Å². The highest BCUT2D eigenvalue weighted by atomic mass is 14.8. The summed E-state index contributed by atoms with van der Waals surface area (Å²) in [6.07, 6.45) is 0. The van der Waals surface area contributed by atoms with Crippen molar-refractivity contribution in [2.75, 3.05) is 0 Å². The van der Waals surface area contributed by atoms with Crippen LogP contribution in [0.5, 0.6) is 0 Å². The molecule has 8 heteroatoms. The number of nitrogens with zero attached hydrogens (tertiary/aromatic N) is 8. The highest BCUT2D eigenvalue weighted by Gasteiger charge is 2.35. The molecule has 1 aliphatic rings. The maximum atomic E-state index is 9.74. The molecule has 30 heavy (non-hydrogen) atoms. The van der Waals surface area contributed by atoms with Crippen molar-refractivity contribution in [2.45, 2.75) is 0 Å². The lowest BCUT2D eigenvalue weighted by atomic mass is 9.90. The van der Waals surface area contributed by atoms with Crippen molar-refractivity contribution in [1.82, 2.24) is 0 Å². The normalized spacial score (nSPS) is 11.5. The highest BCUT2D eigenvalue weighted by Crippen LogP contribution is 2.53. The number of hydrogen-bond acceptors (Lipinski definition) is 5. The van der Waals surface area contributed by atoms with Gasteiger partial charge in [0.05, 0.1) is 54.1 Å². The van der Waals surface area contributed by atoms with Crippen molar-refractivity contribution < 1.29 is 0 Å². The van der Waals surface area contributed by atoms with Crippen molar-refractivity contribution in [3.63, 3.8) is 0 Å². The maximum Gasteiger partial charge on any atom is 0.270 e. The Morgan fingerprint density at radius 1 is 0.733 bits per heavy atom. The molecule has 0 saturated carbocycles. The van der Waals surface area contributed by atoms with Crippen molar-refractivity contribution in [2.24, 2.45) is 0 Å². The summed E-state index contributed by atoms with van der Waals surface area (Å²) in [5.74, 6) is 0. The standard InChI is InChI=1S/C22H2N8/c1-28-17-5-13-12-4-11(6-23)14(7-24)15(8-25)19(12)21(18(10-27)29-2)20(13)16(9-26)22(17)30-3/h4-5H/b21-18-. The van der Waals surface area contributed by atoms with Gasteiger partial charge in [0.2, 0.25) is 5.69 Å². The molecule has 0 amide bonds. The summed E-state index contributed by atoms with van der Waals surface area (Å²) in [7, 11) is 0. The number of allylic oxidation sites excluding steroid dienone is 1. The summed E-state index contributed by atoms with van der Waals surface area (Å²) in [5, 5.41) is 47.9. The minimum atomic E-state index is -0.442. The van der Waals surface area contributed by atoms with Gasteiger partial charge in [-0.3, -0.25) is 4.85 Å². The van der Waals surface area contributed by atoms with Gasteiger partial charge < -0.3 is 0 Å². The summed E-state index contributed by atoms with van der Waals surface area (Å²) in [5.41, 5.74) is -1.00. The van der Waals surface area contributed by atoms with E-state index in [1.807, 2.05) is 18.2 Å². The van der Waals surface area contributed by atoms with Gasteiger partial charge >= 0.3 is 0 Å². The Labute approximate surface area is 170 Å². The summed E-state index contributed by atoms with van der Waals surface area (Å²) < 4.78 is 0. The molecule has 8 nitrogen and oxygen atoms in total. The SMILES string of the molecule is [C-]#[N+]/C(C#N)=C1/c2c(cc(C#N)c(C#N)c2C#N)-c2cc([N+]#[C-])c([N+]#[C-])c(C#N)c21. The Morgan fingerprint density at radius 2 is 1.33 bits per heavy atom. The van der Waals surface area contributed by atoms with Crippen molar-refractivity contribution in [3.05, 3.63) is 85.5 Å². The second kappa shape index (κ2) is 7.02. The van der Waals surface area contributed by atoms with Crippen LogP contribution in [-0.2, 0) is 0 Å². The largest absolute Gasteiger partial charge is 0.270 e. The predicted molar refractivity (Wildman–Crippen MR) is 101 cm³/mol. The van der Waals surface area contributed by atoms with Crippen LogP contribution in [0.15, 0.2) is 17.8 Å². The van der Waals surface area contributed by atoms with Crippen molar-refractivity contribution in [1.29, 1.82) is 26.3 Å². The average molecular weight is 378 g/mol. The Hall–Kier alpha value is -5.90. The Balaban J connectivity index is 2.77. The Kier molecular flexibility index (Phi) is 4.42. The molecule has 130 valence electrons. The minimum absolute atomic E-state index is 0.0603. The number of nitriles is 5. The lowest BCUT2D eigenvalue weighted by molar-refractivity contribution is 1.38. The fourth-order valence-corrected chi connectivity index (χ4v) is 3.41. The van der Waals surface area contributed by atoms with Gasteiger partial charge in [-0.05, 0) is 28.3 Å². The van der Waals surface area contributed by atoms with Crippen LogP contribution in [0.1, 0.15) is 33.4 Å². The third-order valence-corrected chi connectivity index (χ3v) is 4.54. The molecule has 0 heterocycles. The second-order valence-electron chi connectivity index (χ2n) is 5.76. The third kappa shape index (κ3) is 2.25. The number of fused-ring (bicyclic) bond motifs is 3. The molecule has 0 aliphatic heterocycles. The van der Waals surface area contributed by atoms with Gasteiger partial charge in [-0.15, -0.1) is 0 Å². The van der Waals surface area contributed by atoms with Gasteiger partial charge in [0.1, 0.15) is 18.2 Å². The van der Waals surface area contributed by atoms with Gasteiger partial charge in [-0.1, -0.05) is 6.07 Å². The van der Waals surface area contributed by atoms with Crippen LogP contribution in [0.2, 0.25) is 0 Å². The summed E-state index contributed by atoms with van der Waals surface area (Å²) >= 11 is 0. The number of hydrogen-bond donors (Lipinski definition) is 0. The molecule has 1 aliphatic carbocycles. The van der Waals surface area contributed by atoms with Crippen LogP contribution in [0.4, 0.5) is 11.4 Å². The molecule has 0 unspecified atom stereocenters. The molecule has 3 rings (SSSR count). The molecule has 2 aromatic rings. The van der Waals surface area contributed by atoms with E-state index in [-0.39, 0.29) is 61.5 Å². The number of benzene rings is 2. The molecule has 0 saturated heterocycles. The van der Waals surface area contributed by atoms with Crippen molar-refractivity contribution >= 4 is 16.9 Å².